The molecule has 0 aromatic rings. The number of allylic oxidation sites excluding steroid dienone is 3. The van der Waals surface area contributed by atoms with Gasteiger partial charge in [-0.15, -0.1) is 0 Å². The molecular weight excluding hydrogens is 424 g/mol. The van der Waals surface area contributed by atoms with Crippen LogP contribution >= 0.6 is 0 Å². The zero-order valence-electron chi connectivity index (χ0n) is 22.4. The molecule has 4 nitrogen and oxygen atoms in total. The number of aliphatic carboxylic acids is 1. The number of aliphatic hydroxyl groups excluding tert-OH is 1. The smallest absolute Gasteiger partial charge is 0.313 e. The van der Waals surface area contributed by atoms with Crippen molar-refractivity contribution in [3.63, 3.8) is 0 Å². The van der Waals surface area contributed by atoms with Crippen LogP contribution in [-0.4, -0.2) is 28.1 Å². The number of hydrogen-bond acceptors (Lipinski definition) is 3. The van der Waals surface area contributed by atoms with Crippen molar-refractivity contribution < 1.29 is 19.8 Å². The molecule has 0 bridgehead atoms. The number of carbonyl (C=O) groups excluding carboxylic acids is 1. The van der Waals surface area contributed by atoms with Gasteiger partial charge in [0.1, 0.15) is 5.78 Å². The van der Waals surface area contributed by atoms with Gasteiger partial charge in [-0.25, -0.2) is 0 Å². The van der Waals surface area contributed by atoms with E-state index in [-0.39, 0.29) is 39.5 Å². The lowest BCUT2D eigenvalue weighted by Crippen LogP contribution is -2.62. The van der Waals surface area contributed by atoms with E-state index < -0.39 is 11.4 Å². The standard InChI is InChI=1S/C30H46O4/c1-19(20(2)31)10-15-30(25(33)34)17-16-28(6)21(18-30)8-9-23-27(5)13-12-24(32)26(3,4)22(27)11-14-29(23,28)7/h8-9,18-19,22-24,32H,10-17H2,1-7H3,(H,33,34). The van der Waals surface area contributed by atoms with Crippen molar-refractivity contribution in [2.75, 3.05) is 0 Å². The monoisotopic (exact) mass is 470 g/mol. The van der Waals surface area contributed by atoms with Crippen molar-refractivity contribution >= 4 is 11.8 Å². The average molecular weight is 471 g/mol. The molecule has 0 saturated heterocycles. The van der Waals surface area contributed by atoms with E-state index in [2.05, 4.69) is 52.8 Å². The van der Waals surface area contributed by atoms with Crippen molar-refractivity contribution in [1.29, 1.82) is 0 Å². The van der Waals surface area contributed by atoms with Crippen molar-refractivity contribution in [3.8, 4) is 0 Å². The molecule has 0 spiro atoms. The Labute approximate surface area is 206 Å². The van der Waals surface area contributed by atoms with Gasteiger partial charge in [-0.05, 0) is 97.4 Å². The predicted molar refractivity (Wildman–Crippen MR) is 135 cm³/mol. The minimum atomic E-state index is -0.885. The van der Waals surface area contributed by atoms with E-state index in [1.807, 2.05) is 6.92 Å². The zero-order chi connectivity index (χ0) is 25.3. The molecule has 0 radical (unpaired) electrons. The first-order chi connectivity index (χ1) is 15.6. The summed E-state index contributed by atoms with van der Waals surface area (Å²) < 4.78 is 0. The Morgan fingerprint density at radius 1 is 1.06 bits per heavy atom. The highest BCUT2D eigenvalue weighted by atomic mass is 16.4. The molecule has 4 rings (SSSR count). The second-order valence-corrected chi connectivity index (χ2v) is 13.7. The summed E-state index contributed by atoms with van der Waals surface area (Å²) in [6.45, 7) is 15.3. The molecule has 8 unspecified atom stereocenters. The van der Waals surface area contributed by atoms with Gasteiger partial charge < -0.3 is 10.2 Å². The van der Waals surface area contributed by atoms with E-state index in [1.54, 1.807) is 6.92 Å². The maximum Gasteiger partial charge on any atom is 0.313 e. The summed E-state index contributed by atoms with van der Waals surface area (Å²) in [6, 6.07) is 0. The van der Waals surface area contributed by atoms with Gasteiger partial charge in [0.25, 0.3) is 0 Å². The van der Waals surface area contributed by atoms with E-state index in [0.717, 1.165) is 32.1 Å². The summed E-state index contributed by atoms with van der Waals surface area (Å²) in [5.74, 6) is 0.175. The number of carbonyl (C=O) groups is 2. The van der Waals surface area contributed by atoms with Crippen molar-refractivity contribution in [2.45, 2.75) is 106 Å². The first kappa shape index (κ1) is 25.7. The number of aliphatic hydroxyl groups is 1. The summed E-state index contributed by atoms with van der Waals surface area (Å²) in [5, 5.41) is 21.1. The molecule has 0 heterocycles. The molecule has 4 heteroatoms. The van der Waals surface area contributed by atoms with Gasteiger partial charge in [0, 0.05) is 5.92 Å². The van der Waals surface area contributed by atoms with Crippen LogP contribution in [0, 0.1) is 44.8 Å². The first-order valence-electron chi connectivity index (χ1n) is 13.5. The highest BCUT2D eigenvalue weighted by Gasteiger charge is 2.65. The van der Waals surface area contributed by atoms with Crippen LogP contribution < -0.4 is 0 Å². The molecule has 0 amide bonds. The van der Waals surface area contributed by atoms with Crippen LogP contribution in [0.3, 0.4) is 0 Å². The molecular formula is C30H46O4. The van der Waals surface area contributed by atoms with Crippen LogP contribution in [0.1, 0.15) is 99.8 Å². The SMILES string of the molecule is CC(=O)C(C)CCC1(C(=O)O)C=C2C=CC3C4(C)CCC(O)C(C)(C)C4CCC3(C)C2(C)CC1. The van der Waals surface area contributed by atoms with Crippen LogP contribution in [0.2, 0.25) is 0 Å². The number of hydrogen-bond donors (Lipinski definition) is 2. The lowest BCUT2D eigenvalue weighted by molar-refractivity contribution is -0.182. The van der Waals surface area contributed by atoms with E-state index in [4.69, 9.17) is 0 Å². The van der Waals surface area contributed by atoms with E-state index in [0.29, 0.717) is 31.1 Å². The van der Waals surface area contributed by atoms with Crippen molar-refractivity contribution in [1.82, 2.24) is 0 Å². The third-order valence-electron chi connectivity index (χ3n) is 11.9. The Kier molecular flexibility index (Phi) is 6.07. The molecule has 4 aliphatic rings. The van der Waals surface area contributed by atoms with Gasteiger partial charge in [-0.1, -0.05) is 59.8 Å². The predicted octanol–water partition coefficient (Wildman–Crippen LogP) is 6.58. The fourth-order valence-corrected chi connectivity index (χ4v) is 8.87. The number of Topliss-reactive ketones (excluding diaryl/α,β-unsaturated/α-hetero) is 1. The van der Waals surface area contributed by atoms with Gasteiger partial charge in [-0.3, -0.25) is 9.59 Å². The normalized spacial score (nSPS) is 45.9. The van der Waals surface area contributed by atoms with Gasteiger partial charge in [0.05, 0.1) is 11.5 Å². The quantitative estimate of drug-likeness (QED) is 0.476. The molecule has 2 N–H and O–H groups in total. The van der Waals surface area contributed by atoms with E-state index in [9.17, 15) is 19.8 Å². The summed E-state index contributed by atoms with van der Waals surface area (Å²) >= 11 is 0. The maximum absolute atomic E-state index is 12.6. The largest absolute Gasteiger partial charge is 0.481 e. The summed E-state index contributed by atoms with van der Waals surface area (Å²) in [7, 11) is 0. The van der Waals surface area contributed by atoms with Gasteiger partial charge in [0.15, 0.2) is 0 Å². The second-order valence-electron chi connectivity index (χ2n) is 13.7. The topological polar surface area (TPSA) is 74.6 Å². The van der Waals surface area contributed by atoms with Crippen LogP contribution in [0.5, 0.6) is 0 Å². The summed E-state index contributed by atoms with van der Waals surface area (Å²) in [4.78, 5) is 24.4. The minimum absolute atomic E-state index is 0.0637. The second kappa shape index (κ2) is 8.05. The molecule has 2 saturated carbocycles. The third kappa shape index (κ3) is 3.41. The van der Waals surface area contributed by atoms with Crippen LogP contribution in [-0.2, 0) is 9.59 Å². The zero-order valence-corrected chi connectivity index (χ0v) is 22.4. The molecule has 34 heavy (non-hydrogen) atoms. The Morgan fingerprint density at radius 3 is 2.35 bits per heavy atom. The number of carboxylic acid groups (broad SMARTS) is 1. The Hall–Kier alpha value is -1.42. The Balaban J connectivity index is 1.73. The van der Waals surface area contributed by atoms with Crippen molar-refractivity contribution in [3.05, 3.63) is 23.8 Å². The van der Waals surface area contributed by atoms with Gasteiger partial charge in [-0.2, -0.15) is 0 Å². The fourth-order valence-electron chi connectivity index (χ4n) is 8.87. The van der Waals surface area contributed by atoms with Crippen LogP contribution in [0.15, 0.2) is 23.8 Å². The number of ketones is 1. The molecule has 0 aromatic carbocycles. The van der Waals surface area contributed by atoms with Gasteiger partial charge >= 0.3 is 5.97 Å². The van der Waals surface area contributed by atoms with Crippen molar-refractivity contribution in [2.24, 2.45) is 44.8 Å². The average Bonchev–Trinajstić information content (AvgIpc) is 2.75. The van der Waals surface area contributed by atoms with E-state index >= 15 is 0 Å². The maximum atomic E-state index is 12.6. The van der Waals surface area contributed by atoms with Crippen LogP contribution in [0.4, 0.5) is 0 Å². The highest BCUT2D eigenvalue weighted by molar-refractivity contribution is 5.79. The highest BCUT2D eigenvalue weighted by Crippen LogP contribution is 2.72. The fraction of sp³-hybridized carbons (Fsp3) is 0.800. The van der Waals surface area contributed by atoms with Crippen LogP contribution in [0.25, 0.3) is 0 Å². The summed E-state index contributed by atoms with van der Waals surface area (Å²) in [6.07, 6.45) is 13.2. The van der Waals surface area contributed by atoms with E-state index in [1.165, 1.54) is 5.57 Å². The molecule has 190 valence electrons. The molecule has 8 atom stereocenters. The lowest BCUT2D eigenvalue weighted by Gasteiger charge is -2.68. The molecule has 4 aliphatic carbocycles. The number of rotatable bonds is 5. The number of carboxylic acids is 1. The molecule has 0 aliphatic heterocycles. The lowest BCUT2D eigenvalue weighted by atomic mass is 9.36. The number of fused-ring (bicyclic) bond motifs is 5. The molecule has 2 fully saturated rings. The first-order valence-corrected chi connectivity index (χ1v) is 13.5. The van der Waals surface area contributed by atoms with Gasteiger partial charge in [0.2, 0.25) is 0 Å². The minimum Gasteiger partial charge on any atom is -0.481 e. The molecule has 0 aromatic heterocycles. The summed E-state index contributed by atoms with van der Waals surface area (Å²) in [5.41, 5.74) is 0.355. The third-order valence-corrected chi connectivity index (χ3v) is 11.9. The Morgan fingerprint density at radius 2 is 1.74 bits per heavy atom. The Bertz CT molecular complexity index is 930.